The number of amides is 1. The van der Waals surface area contributed by atoms with Crippen molar-refractivity contribution in [3.8, 4) is 11.1 Å². The summed E-state index contributed by atoms with van der Waals surface area (Å²) >= 11 is 0. The number of fused-ring (bicyclic) bond motifs is 1. The van der Waals surface area contributed by atoms with Crippen LogP contribution in [0.15, 0.2) is 48.7 Å². The van der Waals surface area contributed by atoms with Crippen LogP contribution in [0.1, 0.15) is 31.4 Å². The van der Waals surface area contributed by atoms with Crippen molar-refractivity contribution in [2.75, 3.05) is 37.8 Å². The fraction of sp³-hybridized carbons (Fsp3) is 0.417. The second kappa shape index (κ2) is 8.77. The molecule has 0 radical (unpaired) electrons. The van der Waals surface area contributed by atoms with Crippen LogP contribution in [0.25, 0.3) is 16.6 Å². The lowest BCUT2D eigenvalue weighted by Crippen LogP contribution is -2.47. The Kier molecular flexibility index (Phi) is 5.84. The van der Waals surface area contributed by atoms with Gasteiger partial charge in [-0.1, -0.05) is 30.3 Å². The Morgan fingerprint density at radius 3 is 2.50 bits per heavy atom. The van der Waals surface area contributed by atoms with Crippen molar-refractivity contribution in [2.24, 2.45) is 5.92 Å². The van der Waals surface area contributed by atoms with E-state index in [1.807, 2.05) is 27.2 Å². The van der Waals surface area contributed by atoms with E-state index >= 15 is 0 Å². The van der Waals surface area contributed by atoms with Crippen molar-refractivity contribution in [1.82, 2.24) is 18.8 Å². The molecule has 1 N–H and O–H groups in total. The van der Waals surface area contributed by atoms with Crippen molar-refractivity contribution in [1.29, 1.82) is 0 Å². The lowest BCUT2D eigenvalue weighted by atomic mass is 10.00. The van der Waals surface area contributed by atoms with Gasteiger partial charge in [-0.05, 0) is 37.0 Å². The molecule has 1 unspecified atom stereocenters. The number of nitrogens with one attached hydrogen (secondary N) is 1. The monoisotopic (exact) mass is 451 g/mol. The van der Waals surface area contributed by atoms with E-state index < -0.39 is 11.0 Å². The van der Waals surface area contributed by atoms with E-state index in [1.54, 1.807) is 6.26 Å². The molecule has 8 heteroatoms. The smallest absolute Gasteiger partial charge is 0.228 e. The molecule has 32 heavy (non-hydrogen) atoms. The summed E-state index contributed by atoms with van der Waals surface area (Å²) in [5.41, 5.74) is 4.46. The van der Waals surface area contributed by atoms with Gasteiger partial charge in [-0.3, -0.25) is 9.69 Å². The molecule has 1 aromatic carbocycles. The zero-order chi connectivity index (χ0) is 22.2. The minimum atomic E-state index is -0.885. The zero-order valence-corrected chi connectivity index (χ0v) is 19.3. The van der Waals surface area contributed by atoms with Crippen LogP contribution in [0.5, 0.6) is 0 Å². The van der Waals surface area contributed by atoms with Crippen molar-refractivity contribution in [3.05, 3.63) is 54.2 Å². The highest BCUT2D eigenvalue weighted by Crippen LogP contribution is 2.32. The van der Waals surface area contributed by atoms with E-state index in [4.69, 9.17) is 0 Å². The van der Waals surface area contributed by atoms with Gasteiger partial charge >= 0.3 is 0 Å². The maximum atomic E-state index is 12.1. The fourth-order valence-corrected chi connectivity index (χ4v) is 5.07. The third kappa shape index (κ3) is 4.35. The van der Waals surface area contributed by atoms with Gasteiger partial charge in [0.1, 0.15) is 0 Å². The number of rotatable bonds is 6. The third-order valence-corrected chi connectivity index (χ3v) is 7.68. The van der Waals surface area contributed by atoms with E-state index in [2.05, 4.69) is 52.6 Å². The molecule has 1 aliphatic heterocycles. The number of aromatic nitrogens is 2. The molecule has 2 atom stereocenters. The predicted octanol–water partition coefficient (Wildman–Crippen LogP) is 3.32. The molecular weight excluding hydrogens is 422 g/mol. The van der Waals surface area contributed by atoms with Gasteiger partial charge in [0.2, 0.25) is 5.91 Å². The second-order valence-electron chi connectivity index (χ2n) is 8.73. The second-order valence-corrected chi connectivity index (χ2v) is 10.1. The van der Waals surface area contributed by atoms with Gasteiger partial charge in [0, 0.05) is 62.2 Å². The molecule has 2 fully saturated rings. The van der Waals surface area contributed by atoms with Crippen LogP contribution in [-0.2, 0) is 15.8 Å². The Morgan fingerprint density at radius 2 is 1.84 bits per heavy atom. The van der Waals surface area contributed by atoms with Crippen LogP contribution in [-0.4, -0.2) is 61.4 Å². The topological polar surface area (TPSA) is 70.0 Å². The van der Waals surface area contributed by atoms with Gasteiger partial charge in [-0.25, -0.2) is 13.0 Å². The molecule has 3 aromatic rings. The van der Waals surface area contributed by atoms with Crippen LogP contribution < -0.4 is 5.32 Å². The molecule has 1 aliphatic carbocycles. The molecule has 2 aromatic heterocycles. The summed E-state index contributed by atoms with van der Waals surface area (Å²) in [6.45, 7) is 5.77. The SMILES string of the molecule is C[C@@H](c1ccc(-c2cccn3nc(NC(=O)C4CC4)cc23)cc1)N1CCN(S(C)=O)CC1. The maximum Gasteiger partial charge on any atom is 0.228 e. The quantitative estimate of drug-likeness (QED) is 0.624. The highest BCUT2D eigenvalue weighted by molar-refractivity contribution is 7.81. The summed E-state index contributed by atoms with van der Waals surface area (Å²) in [5.74, 6) is 0.826. The number of carbonyl (C=O) groups is 1. The van der Waals surface area contributed by atoms with Crippen LogP contribution in [0.2, 0.25) is 0 Å². The van der Waals surface area contributed by atoms with Crippen molar-refractivity contribution < 1.29 is 9.00 Å². The normalized spacial score (nSPS) is 19.7. The van der Waals surface area contributed by atoms with E-state index in [1.165, 1.54) is 5.56 Å². The molecule has 5 rings (SSSR count). The largest absolute Gasteiger partial charge is 0.309 e. The highest BCUT2D eigenvalue weighted by Gasteiger charge is 2.30. The molecular formula is C24H29N5O2S. The molecule has 1 saturated heterocycles. The minimum absolute atomic E-state index is 0.0688. The molecule has 168 valence electrons. The summed E-state index contributed by atoms with van der Waals surface area (Å²) < 4.78 is 15.5. The van der Waals surface area contributed by atoms with Gasteiger partial charge in [0.05, 0.1) is 16.5 Å². The van der Waals surface area contributed by atoms with Crippen molar-refractivity contribution in [2.45, 2.75) is 25.8 Å². The van der Waals surface area contributed by atoms with Gasteiger partial charge in [0.25, 0.3) is 0 Å². The zero-order valence-electron chi connectivity index (χ0n) is 18.5. The summed E-state index contributed by atoms with van der Waals surface area (Å²) in [6.07, 6.45) is 5.61. The van der Waals surface area contributed by atoms with E-state index in [9.17, 15) is 9.00 Å². The van der Waals surface area contributed by atoms with Gasteiger partial charge in [-0.15, -0.1) is 0 Å². The Bertz CT molecular complexity index is 1150. The molecule has 2 aliphatic rings. The Labute approximate surface area is 191 Å². The Morgan fingerprint density at radius 1 is 1.12 bits per heavy atom. The number of hydrogen-bond acceptors (Lipinski definition) is 4. The Hall–Kier alpha value is -2.55. The van der Waals surface area contributed by atoms with Crippen LogP contribution in [0.3, 0.4) is 0 Å². The Balaban J connectivity index is 1.33. The summed E-state index contributed by atoms with van der Waals surface area (Å²) in [5, 5.41) is 7.47. The molecule has 7 nitrogen and oxygen atoms in total. The standard InChI is InChI=1S/C24H29N5O2S/c1-17(27-12-14-28(15-13-27)32(2)31)18-5-7-19(8-6-18)21-4-3-11-29-22(21)16-23(26-29)25-24(30)20-9-10-20/h3-8,11,16-17,20H,9-10,12-15H2,1-2H3,(H,25,26,30)/t17-,32?/m0/s1. The van der Waals surface area contributed by atoms with Gasteiger partial charge < -0.3 is 5.32 Å². The van der Waals surface area contributed by atoms with E-state index in [0.29, 0.717) is 11.9 Å². The average Bonchev–Trinajstić information content (AvgIpc) is 3.58. The van der Waals surface area contributed by atoms with Crippen molar-refractivity contribution >= 4 is 28.2 Å². The maximum absolute atomic E-state index is 12.1. The van der Waals surface area contributed by atoms with Crippen LogP contribution in [0, 0.1) is 5.92 Å². The van der Waals surface area contributed by atoms with Gasteiger partial charge in [0.15, 0.2) is 5.82 Å². The number of benzene rings is 1. The third-order valence-electron chi connectivity index (χ3n) is 6.59. The molecule has 1 saturated carbocycles. The first kappa shape index (κ1) is 21.3. The number of nitrogens with zero attached hydrogens (tertiary/aromatic N) is 4. The van der Waals surface area contributed by atoms with Crippen LogP contribution >= 0.6 is 0 Å². The number of carbonyl (C=O) groups excluding carboxylic acids is 1. The molecule has 0 spiro atoms. The summed E-state index contributed by atoms with van der Waals surface area (Å²) in [6, 6.07) is 15.0. The van der Waals surface area contributed by atoms with Gasteiger partial charge in [-0.2, -0.15) is 5.10 Å². The van der Waals surface area contributed by atoms with E-state index in [-0.39, 0.29) is 11.8 Å². The molecule has 3 heterocycles. The number of piperazine rings is 1. The average molecular weight is 452 g/mol. The highest BCUT2D eigenvalue weighted by atomic mass is 32.2. The number of hydrogen-bond donors (Lipinski definition) is 1. The first-order chi connectivity index (χ1) is 15.5. The molecule has 0 bridgehead atoms. The number of anilines is 1. The summed E-state index contributed by atoms with van der Waals surface area (Å²) in [4.78, 5) is 14.6. The fourth-order valence-electron chi connectivity index (χ4n) is 4.39. The predicted molar refractivity (Wildman–Crippen MR) is 128 cm³/mol. The van der Waals surface area contributed by atoms with E-state index in [0.717, 1.165) is 55.7 Å². The van der Waals surface area contributed by atoms with Crippen molar-refractivity contribution in [3.63, 3.8) is 0 Å². The number of pyridine rings is 1. The lowest BCUT2D eigenvalue weighted by Gasteiger charge is -2.37. The molecule has 1 amide bonds. The summed E-state index contributed by atoms with van der Waals surface area (Å²) in [7, 11) is -0.885. The lowest BCUT2D eigenvalue weighted by molar-refractivity contribution is -0.117. The minimum Gasteiger partial charge on any atom is -0.309 e. The van der Waals surface area contributed by atoms with Crippen LogP contribution in [0.4, 0.5) is 5.82 Å². The first-order valence-corrected chi connectivity index (χ1v) is 12.7. The first-order valence-electron chi connectivity index (χ1n) is 11.2.